The predicted molar refractivity (Wildman–Crippen MR) is 83.5 cm³/mol. The number of hydrogen-bond acceptors (Lipinski definition) is 1. The summed E-state index contributed by atoms with van der Waals surface area (Å²) < 4.78 is 2.25. The van der Waals surface area contributed by atoms with Crippen LogP contribution in [0.1, 0.15) is 21.5 Å². The van der Waals surface area contributed by atoms with Gasteiger partial charge in [0, 0.05) is 35.8 Å². The van der Waals surface area contributed by atoms with Gasteiger partial charge in [-0.05, 0) is 29.7 Å². The highest BCUT2D eigenvalue weighted by Crippen LogP contribution is 2.28. The lowest BCUT2D eigenvalue weighted by Crippen LogP contribution is -2.23. The van der Waals surface area contributed by atoms with Crippen LogP contribution in [0.15, 0.2) is 54.7 Å². The molecule has 0 fully saturated rings. The van der Waals surface area contributed by atoms with Gasteiger partial charge in [0.25, 0.3) is 5.91 Å². The first-order valence-electron chi connectivity index (χ1n) is 7.26. The number of rotatable bonds is 2. The summed E-state index contributed by atoms with van der Waals surface area (Å²) in [4.78, 5) is 12.1. The van der Waals surface area contributed by atoms with Crippen molar-refractivity contribution in [3.05, 3.63) is 71.4 Å². The zero-order chi connectivity index (χ0) is 14.2. The van der Waals surface area contributed by atoms with E-state index in [2.05, 4.69) is 46.4 Å². The molecule has 21 heavy (non-hydrogen) atoms. The predicted octanol–water partition coefficient (Wildman–Crippen LogP) is 2.98. The Bertz CT molecular complexity index is 818. The molecule has 3 aromatic rings. The van der Waals surface area contributed by atoms with Crippen molar-refractivity contribution < 1.29 is 4.79 Å². The summed E-state index contributed by atoms with van der Waals surface area (Å²) in [5.74, 6) is 0.0387. The number of hydrogen-bond donors (Lipinski definition) is 1. The van der Waals surface area contributed by atoms with Crippen LogP contribution >= 0.6 is 0 Å². The van der Waals surface area contributed by atoms with Crippen LogP contribution in [0.3, 0.4) is 0 Å². The fourth-order valence-electron chi connectivity index (χ4n) is 3.13. The topological polar surface area (TPSA) is 34.0 Å². The molecule has 1 aliphatic heterocycles. The van der Waals surface area contributed by atoms with Gasteiger partial charge in [-0.25, -0.2) is 0 Å². The Kier molecular flexibility index (Phi) is 2.78. The molecule has 0 saturated heterocycles. The molecule has 104 valence electrons. The quantitative estimate of drug-likeness (QED) is 0.767. The van der Waals surface area contributed by atoms with Crippen molar-refractivity contribution in [2.45, 2.75) is 13.0 Å². The molecule has 3 heteroatoms. The molecule has 0 unspecified atom stereocenters. The molecular formula is C18H16N2O. The van der Waals surface area contributed by atoms with Crippen molar-refractivity contribution in [1.82, 2.24) is 9.88 Å². The van der Waals surface area contributed by atoms with E-state index >= 15 is 0 Å². The Labute approximate surface area is 123 Å². The van der Waals surface area contributed by atoms with E-state index in [0.29, 0.717) is 6.54 Å². The van der Waals surface area contributed by atoms with Gasteiger partial charge in [-0.15, -0.1) is 0 Å². The Morgan fingerprint density at radius 2 is 1.90 bits per heavy atom. The number of nitrogens with one attached hydrogen (secondary N) is 1. The van der Waals surface area contributed by atoms with E-state index in [9.17, 15) is 4.79 Å². The van der Waals surface area contributed by atoms with Crippen LogP contribution in [0, 0.1) is 0 Å². The van der Waals surface area contributed by atoms with E-state index in [1.165, 1.54) is 11.1 Å². The molecular weight excluding hydrogens is 260 g/mol. The summed E-state index contributed by atoms with van der Waals surface area (Å²) in [5, 5.41) is 4.07. The molecule has 0 spiro atoms. The van der Waals surface area contributed by atoms with Crippen molar-refractivity contribution in [3.63, 3.8) is 0 Å². The molecule has 1 amide bonds. The maximum Gasteiger partial charge on any atom is 0.251 e. The summed E-state index contributed by atoms with van der Waals surface area (Å²) in [6.07, 6.45) is 3.09. The average Bonchev–Trinajstić information content (AvgIpc) is 2.77. The van der Waals surface area contributed by atoms with E-state index in [0.717, 1.165) is 29.4 Å². The van der Waals surface area contributed by atoms with E-state index in [1.807, 2.05) is 18.2 Å². The molecule has 1 N–H and O–H groups in total. The Hall–Kier alpha value is -2.55. The fourth-order valence-corrected chi connectivity index (χ4v) is 3.13. The minimum atomic E-state index is 0.0387. The highest BCUT2D eigenvalue weighted by Gasteiger charge is 2.19. The zero-order valence-electron chi connectivity index (χ0n) is 11.7. The number of carbonyl (C=O) groups excluding carboxylic acids is 1. The molecule has 1 aliphatic rings. The third-order valence-corrected chi connectivity index (χ3v) is 4.10. The second kappa shape index (κ2) is 4.77. The maximum absolute atomic E-state index is 12.1. The summed E-state index contributed by atoms with van der Waals surface area (Å²) in [7, 11) is 0. The first-order valence-corrected chi connectivity index (χ1v) is 7.26. The Morgan fingerprint density at radius 1 is 1.05 bits per heavy atom. The van der Waals surface area contributed by atoms with Crippen LogP contribution in [-0.4, -0.2) is 17.0 Å². The molecule has 0 atom stereocenters. The minimum Gasteiger partial charge on any atom is -0.352 e. The number of carbonyl (C=O) groups is 1. The third-order valence-electron chi connectivity index (χ3n) is 4.10. The number of benzene rings is 2. The first-order chi connectivity index (χ1) is 10.3. The molecule has 0 aliphatic carbocycles. The lowest BCUT2D eigenvalue weighted by Gasteiger charge is -2.07. The van der Waals surface area contributed by atoms with E-state index in [-0.39, 0.29) is 5.91 Å². The van der Waals surface area contributed by atoms with Crippen LogP contribution in [0.25, 0.3) is 10.9 Å². The van der Waals surface area contributed by atoms with Crippen molar-refractivity contribution in [2.75, 3.05) is 6.54 Å². The smallest absolute Gasteiger partial charge is 0.251 e. The summed E-state index contributed by atoms with van der Waals surface area (Å²) >= 11 is 0. The highest BCUT2D eigenvalue weighted by atomic mass is 16.1. The van der Waals surface area contributed by atoms with Gasteiger partial charge < -0.3 is 9.88 Å². The second-order valence-corrected chi connectivity index (χ2v) is 5.47. The van der Waals surface area contributed by atoms with Gasteiger partial charge in [0.1, 0.15) is 0 Å². The van der Waals surface area contributed by atoms with Gasteiger partial charge in [0.2, 0.25) is 0 Å². The van der Waals surface area contributed by atoms with Gasteiger partial charge in [-0.3, -0.25) is 4.79 Å². The Morgan fingerprint density at radius 3 is 2.76 bits per heavy atom. The van der Waals surface area contributed by atoms with Crippen molar-refractivity contribution >= 4 is 16.8 Å². The summed E-state index contributed by atoms with van der Waals surface area (Å²) in [6, 6.07) is 16.4. The minimum absolute atomic E-state index is 0.0387. The molecule has 2 aromatic carbocycles. The summed E-state index contributed by atoms with van der Waals surface area (Å²) in [5.41, 5.74) is 4.47. The molecule has 2 heterocycles. The lowest BCUT2D eigenvalue weighted by atomic mass is 10.1. The molecule has 0 radical (unpaired) electrons. The van der Waals surface area contributed by atoms with Gasteiger partial charge in [-0.1, -0.05) is 36.4 Å². The average molecular weight is 276 g/mol. The normalized spacial score (nSPS) is 14.0. The third kappa shape index (κ3) is 2.02. The van der Waals surface area contributed by atoms with Gasteiger partial charge in [0.15, 0.2) is 0 Å². The van der Waals surface area contributed by atoms with E-state index in [4.69, 9.17) is 0 Å². The van der Waals surface area contributed by atoms with E-state index < -0.39 is 0 Å². The SMILES string of the molecule is O=C1NCCc2cn(Cc3ccccc3)c3cccc1c23. The number of aromatic nitrogens is 1. The monoisotopic (exact) mass is 276 g/mol. The fraction of sp³-hybridized carbons (Fsp3) is 0.167. The maximum atomic E-state index is 12.1. The number of amides is 1. The first kappa shape index (κ1) is 12.2. The van der Waals surface area contributed by atoms with E-state index in [1.54, 1.807) is 0 Å². The van der Waals surface area contributed by atoms with Crippen LogP contribution in [0.2, 0.25) is 0 Å². The van der Waals surface area contributed by atoms with Crippen LogP contribution in [-0.2, 0) is 13.0 Å². The zero-order valence-corrected chi connectivity index (χ0v) is 11.7. The molecule has 1 aromatic heterocycles. The summed E-state index contributed by atoms with van der Waals surface area (Å²) in [6.45, 7) is 1.54. The standard InChI is InChI=1S/C18H16N2O/c21-18-15-7-4-8-16-17(15)14(9-10-19-18)12-20(16)11-13-5-2-1-3-6-13/h1-8,12H,9-11H2,(H,19,21). The van der Waals surface area contributed by atoms with Crippen molar-refractivity contribution in [3.8, 4) is 0 Å². The molecule has 4 rings (SSSR count). The van der Waals surface area contributed by atoms with Crippen LogP contribution in [0.5, 0.6) is 0 Å². The highest BCUT2D eigenvalue weighted by molar-refractivity contribution is 6.08. The van der Waals surface area contributed by atoms with Gasteiger partial charge in [-0.2, -0.15) is 0 Å². The van der Waals surface area contributed by atoms with Crippen molar-refractivity contribution in [2.24, 2.45) is 0 Å². The Balaban J connectivity index is 1.88. The van der Waals surface area contributed by atoms with Gasteiger partial charge >= 0.3 is 0 Å². The van der Waals surface area contributed by atoms with Crippen molar-refractivity contribution in [1.29, 1.82) is 0 Å². The largest absolute Gasteiger partial charge is 0.352 e. The molecule has 3 nitrogen and oxygen atoms in total. The second-order valence-electron chi connectivity index (χ2n) is 5.47. The van der Waals surface area contributed by atoms with Gasteiger partial charge in [0.05, 0.1) is 0 Å². The van der Waals surface area contributed by atoms with Crippen LogP contribution < -0.4 is 5.32 Å². The molecule has 0 saturated carbocycles. The number of nitrogens with zero attached hydrogens (tertiary/aromatic N) is 1. The lowest BCUT2D eigenvalue weighted by molar-refractivity contribution is 0.0957. The van der Waals surface area contributed by atoms with Crippen LogP contribution in [0.4, 0.5) is 0 Å². The molecule has 0 bridgehead atoms.